The highest BCUT2D eigenvalue weighted by molar-refractivity contribution is 7.89. The van der Waals surface area contributed by atoms with Gasteiger partial charge in [0.05, 0.1) is 4.90 Å². The quantitative estimate of drug-likeness (QED) is 0.846. The molecule has 2 aromatic carbocycles. The van der Waals surface area contributed by atoms with Gasteiger partial charge in [0.2, 0.25) is 10.0 Å². The molecule has 2 saturated heterocycles. The zero-order chi connectivity index (χ0) is 17.9. The van der Waals surface area contributed by atoms with Crippen LogP contribution in [-0.2, 0) is 23.1 Å². The maximum atomic E-state index is 13.5. The maximum Gasteiger partial charge on any atom is 0.243 e. The van der Waals surface area contributed by atoms with E-state index in [0.717, 1.165) is 42.4 Å². The number of anilines is 1. The minimum Gasteiger partial charge on any atom is -0.365 e. The number of benzene rings is 2. The average Bonchev–Trinajstić information content (AvgIpc) is 3.36. The van der Waals surface area contributed by atoms with E-state index in [0.29, 0.717) is 25.2 Å². The van der Waals surface area contributed by atoms with E-state index in [1.807, 2.05) is 12.1 Å². The zero-order valence-electron chi connectivity index (χ0n) is 14.6. The molecule has 27 heavy (non-hydrogen) atoms. The number of nitrogens with one attached hydrogen (secondary N) is 1. The Morgan fingerprint density at radius 1 is 1.11 bits per heavy atom. The van der Waals surface area contributed by atoms with E-state index in [2.05, 4.69) is 16.3 Å². The van der Waals surface area contributed by atoms with Crippen molar-refractivity contribution < 1.29 is 12.8 Å². The molecule has 0 aliphatic carbocycles. The van der Waals surface area contributed by atoms with Crippen molar-refractivity contribution in [3.8, 4) is 0 Å². The SMILES string of the molecule is Cl.O=S(=O)(c1cccc(F)c1)N1Cc2cccc(N3CC4CC3CN4)c2C1. The summed E-state index contributed by atoms with van der Waals surface area (Å²) < 4.78 is 40.9. The van der Waals surface area contributed by atoms with Crippen molar-refractivity contribution >= 4 is 28.1 Å². The molecule has 5 nitrogen and oxygen atoms in total. The lowest BCUT2D eigenvalue weighted by atomic mass is 10.1. The molecule has 2 fully saturated rings. The highest BCUT2D eigenvalue weighted by Gasteiger charge is 2.40. The molecule has 1 N–H and O–H groups in total. The first kappa shape index (κ1) is 18.7. The minimum absolute atomic E-state index is 0. The molecule has 0 saturated carbocycles. The number of rotatable bonds is 3. The van der Waals surface area contributed by atoms with Crippen LogP contribution >= 0.6 is 12.4 Å². The third-order valence-electron chi connectivity index (χ3n) is 5.73. The molecule has 0 spiro atoms. The normalized spacial score (nSPS) is 24.1. The van der Waals surface area contributed by atoms with E-state index in [1.54, 1.807) is 0 Å². The number of halogens is 2. The Labute approximate surface area is 164 Å². The molecule has 2 atom stereocenters. The first-order valence-corrected chi connectivity index (χ1v) is 10.3. The number of nitrogens with zero attached hydrogens (tertiary/aromatic N) is 2. The van der Waals surface area contributed by atoms with E-state index in [1.165, 1.54) is 22.5 Å². The highest BCUT2D eigenvalue weighted by Crippen LogP contribution is 2.38. The van der Waals surface area contributed by atoms with E-state index in [-0.39, 0.29) is 17.3 Å². The summed E-state index contributed by atoms with van der Waals surface area (Å²) in [5, 5.41) is 3.50. The zero-order valence-corrected chi connectivity index (χ0v) is 16.3. The second kappa shape index (κ2) is 6.74. The summed E-state index contributed by atoms with van der Waals surface area (Å²) in [6.07, 6.45) is 1.15. The van der Waals surface area contributed by atoms with E-state index in [9.17, 15) is 12.8 Å². The molecule has 2 unspecified atom stereocenters. The molecule has 0 aromatic heterocycles. The number of fused-ring (bicyclic) bond motifs is 3. The monoisotopic (exact) mass is 409 g/mol. The van der Waals surface area contributed by atoms with Crippen LogP contribution < -0.4 is 10.2 Å². The van der Waals surface area contributed by atoms with Gasteiger partial charge in [-0.3, -0.25) is 0 Å². The van der Waals surface area contributed by atoms with E-state index < -0.39 is 15.8 Å². The predicted molar refractivity (Wildman–Crippen MR) is 104 cm³/mol. The van der Waals surface area contributed by atoms with Crippen molar-refractivity contribution in [3.63, 3.8) is 0 Å². The number of piperazine rings is 1. The summed E-state index contributed by atoms with van der Waals surface area (Å²) in [7, 11) is -3.72. The van der Waals surface area contributed by atoms with Crippen molar-refractivity contribution in [3.05, 3.63) is 59.4 Å². The average molecular weight is 410 g/mol. The fourth-order valence-electron chi connectivity index (χ4n) is 4.45. The predicted octanol–water partition coefficient (Wildman–Crippen LogP) is 2.50. The molecule has 2 bridgehead atoms. The van der Waals surface area contributed by atoms with Crippen molar-refractivity contribution in [2.45, 2.75) is 36.5 Å². The van der Waals surface area contributed by atoms with Crippen LogP contribution in [0.5, 0.6) is 0 Å². The number of hydrogen-bond acceptors (Lipinski definition) is 4. The lowest BCUT2D eigenvalue weighted by Crippen LogP contribution is -2.44. The molecule has 2 aromatic rings. The summed E-state index contributed by atoms with van der Waals surface area (Å²) in [6.45, 7) is 2.63. The van der Waals surface area contributed by atoms with Crippen LogP contribution in [-0.4, -0.2) is 37.9 Å². The standard InChI is InChI=1S/C19H20FN3O2S.ClH/c20-14-4-2-5-17(7-14)26(24,25)22-10-13-3-1-6-19(18(13)12-22)23-11-15-8-16(23)9-21-15;/h1-7,15-16,21H,8-12H2;1H. The Kier molecular flexibility index (Phi) is 4.66. The van der Waals surface area contributed by atoms with Gasteiger partial charge in [0.15, 0.2) is 0 Å². The highest BCUT2D eigenvalue weighted by atomic mass is 35.5. The molecule has 0 amide bonds. The lowest BCUT2D eigenvalue weighted by molar-refractivity contribution is 0.431. The van der Waals surface area contributed by atoms with Crippen LogP contribution in [0, 0.1) is 5.82 Å². The summed E-state index contributed by atoms with van der Waals surface area (Å²) >= 11 is 0. The molecular weight excluding hydrogens is 389 g/mol. The van der Waals surface area contributed by atoms with Crippen LogP contribution in [0.2, 0.25) is 0 Å². The Hall–Kier alpha value is -1.67. The number of sulfonamides is 1. The van der Waals surface area contributed by atoms with Gasteiger partial charge in [-0.2, -0.15) is 4.31 Å². The van der Waals surface area contributed by atoms with Gasteiger partial charge in [-0.15, -0.1) is 12.4 Å². The smallest absolute Gasteiger partial charge is 0.243 e. The van der Waals surface area contributed by atoms with Crippen LogP contribution in [0.25, 0.3) is 0 Å². The van der Waals surface area contributed by atoms with Crippen LogP contribution in [0.4, 0.5) is 10.1 Å². The van der Waals surface area contributed by atoms with Crippen molar-refractivity contribution in [2.24, 2.45) is 0 Å². The van der Waals surface area contributed by atoms with Gasteiger partial charge < -0.3 is 10.2 Å². The third kappa shape index (κ3) is 3.02. The van der Waals surface area contributed by atoms with Crippen molar-refractivity contribution in [1.82, 2.24) is 9.62 Å². The first-order chi connectivity index (χ1) is 12.5. The van der Waals surface area contributed by atoms with Crippen molar-refractivity contribution in [2.75, 3.05) is 18.0 Å². The van der Waals surface area contributed by atoms with Gasteiger partial charge in [0, 0.05) is 44.0 Å². The molecule has 3 heterocycles. The summed E-state index contributed by atoms with van der Waals surface area (Å²) in [5.74, 6) is -0.538. The minimum atomic E-state index is -3.72. The van der Waals surface area contributed by atoms with Crippen LogP contribution in [0.15, 0.2) is 47.4 Å². The Morgan fingerprint density at radius 2 is 1.93 bits per heavy atom. The Bertz CT molecular complexity index is 985. The Balaban J connectivity index is 0.00000180. The van der Waals surface area contributed by atoms with Gasteiger partial charge in [0.1, 0.15) is 5.82 Å². The summed E-state index contributed by atoms with van der Waals surface area (Å²) in [5.41, 5.74) is 3.27. The van der Waals surface area contributed by atoms with E-state index >= 15 is 0 Å². The fraction of sp³-hybridized carbons (Fsp3) is 0.368. The van der Waals surface area contributed by atoms with Crippen molar-refractivity contribution in [1.29, 1.82) is 0 Å². The van der Waals surface area contributed by atoms with E-state index in [4.69, 9.17) is 0 Å². The molecule has 144 valence electrons. The van der Waals surface area contributed by atoms with Crippen LogP contribution in [0.3, 0.4) is 0 Å². The van der Waals surface area contributed by atoms with Gasteiger partial charge in [-0.25, -0.2) is 12.8 Å². The maximum absolute atomic E-state index is 13.5. The van der Waals surface area contributed by atoms with Gasteiger partial charge >= 0.3 is 0 Å². The fourth-order valence-corrected chi connectivity index (χ4v) is 5.86. The molecular formula is C19H21ClFN3O2S. The van der Waals surface area contributed by atoms with Gasteiger partial charge in [0.25, 0.3) is 0 Å². The second-order valence-electron chi connectivity index (χ2n) is 7.29. The summed E-state index contributed by atoms with van der Waals surface area (Å²) in [6, 6.07) is 12.3. The van der Waals surface area contributed by atoms with Crippen LogP contribution in [0.1, 0.15) is 17.5 Å². The second-order valence-corrected chi connectivity index (χ2v) is 9.23. The molecule has 3 aliphatic rings. The third-order valence-corrected chi connectivity index (χ3v) is 7.52. The molecule has 5 rings (SSSR count). The Morgan fingerprint density at radius 3 is 2.63 bits per heavy atom. The number of hydrogen-bond donors (Lipinski definition) is 1. The molecule has 0 radical (unpaired) electrons. The lowest BCUT2D eigenvalue weighted by Gasteiger charge is -2.31. The van der Waals surface area contributed by atoms with Gasteiger partial charge in [-0.05, 0) is 41.8 Å². The van der Waals surface area contributed by atoms with Gasteiger partial charge in [-0.1, -0.05) is 18.2 Å². The largest absolute Gasteiger partial charge is 0.365 e. The summed E-state index contributed by atoms with van der Waals surface area (Å²) in [4.78, 5) is 2.43. The molecule has 8 heteroatoms. The molecule has 3 aliphatic heterocycles. The topological polar surface area (TPSA) is 52.7 Å². The first-order valence-electron chi connectivity index (χ1n) is 8.89.